The Morgan fingerprint density at radius 2 is 2.36 bits per heavy atom. The van der Waals surface area contributed by atoms with Crippen molar-refractivity contribution in [2.45, 2.75) is 18.9 Å². The molecule has 14 heavy (non-hydrogen) atoms. The Labute approximate surface area is 81.5 Å². The summed E-state index contributed by atoms with van der Waals surface area (Å²) in [5.41, 5.74) is -1.52. The predicted octanol–water partition coefficient (Wildman–Crippen LogP) is -0.763. The van der Waals surface area contributed by atoms with Gasteiger partial charge in [-0.15, -0.1) is 0 Å². The van der Waals surface area contributed by atoms with Gasteiger partial charge in [-0.2, -0.15) is 0 Å². The van der Waals surface area contributed by atoms with Gasteiger partial charge in [0.1, 0.15) is 0 Å². The minimum atomic E-state index is -1.52. The lowest BCUT2D eigenvalue weighted by Crippen LogP contribution is -2.62. The molecule has 6 heteroatoms. The standard InChI is InChI=1S/C8H14N2O4/c1-8(5-11,6(12)13)10-4-2-3-9-7(10)14/h11H,2-5H2,1H3,(H,9,14)(H,12,13). The van der Waals surface area contributed by atoms with Crippen LogP contribution in [0.4, 0.5) is 4.79 Å². The number of amides is 2. The molecule has 1 atom stereocenters. The van der Waals surface area contributed by atoms with Crippen molar-refractivity contribution in [2.75, 3.05) is 19.7 Å². The van der Waals surface area contributed by atoms with Crippen molar-refractivity contribution in [2.24, 2.45) is 0 Å². The van der Waals surface area contributed by atoms with Crippen molar-refractivity contribution in [1.29, 1.82) is 0 Å². The van der Waals surface area contributed by atoms with Crippen LogP contribution in [0.3, 0.4) is 0 Å². The van der Waals surface area contributed by atoms with Crippen LogP contribution >= 0.6 is 0 Å². The summed E-state index contributed by atoms with van der Waals surface area (Å²) < 4.78 is 0. The quantitative estimate of drug-likeness (QED) is 0.561. The zero-order valence-electron chi connectivity index (χ0n) is 7.99. The molecule has 0 saturated carbocycles. The van der Waals surface area contributed by atoms with Crippen LogP contribution in [0.25, 0.3) is 0 Å². The lowest BCUT2D eigenvalue weighted by molar-refractivity contribution is -0.151. The second-order valence-corrected chi connectivity index (χ2v) is 3.47. The van der Waals surface area contributed by atoms with E-state index in [2.05, 4.69) is 5.32 Å². The Bertz CT molecular complexity index is 256. The van der Waals surface area contributed by atoms with Gasteiger partial charge in [0.15, 0.2) is 5.54 Å². The molecule has 0 spiro atoms. The molecule has 3 N–H and O–H groups in total. The van der Waals surface area contributed by atoms with Gasteiger partial charge in [0.25, 0.3) is 0 Å². The molecule has 1 aliphatic rings. The predicted molar refractivity (Wildman–Crippen MR) is 47.8 cm³/mol. The highest BCUT2D eigenvalue weighted by atomic mass is 16.4. The fourth-order valence-corrected chi connectivity index (χ4v) is 1.37. The number of nitrogens with zero attached hydrogens (tertiary/aromatic N) is 1. The minimum Gasteiger partial charge on any atom is -0.479 e. The molecule has 1 saturated heterocycles. The molecule has 0 aromatic carbocycles. The van der Waals surface area contributed by atoms with Crippen molar-refractivity contribution >= 4 is 12.0 Å². The minimum absolute atomic E-state index is 0.356. The first-order valence-corrected chi connectivity index (χ1v) is 4.42. The number of hydrogen-bond acceptors (Lipinski definition) is 3. The van der Waals surface area contributed by atoms with E-state index in [-0.39, 0.29) is 0 Å². The van der Waals surface area contributed by atoms with E-state index in [4.69, 9.17) is 10.2 Å². The van der Waals surface area contributed by atoms with E-state index in [1.54, 1.807) is 0 Å². The fraction of sp³-hybridized carbons (Fsp3) is 0.750. The van der Waals surface area contributed by atoms with E-state index in [1.807, 2.05) is 0 Å². The first-order chi connectivity index (χ1) is 6.52. The van der Waals surface area contributed by atoms with Crippen LogP contribution < -0.4 is 5.32 Å². The molecule has 2 amide bonds. The van der Waals surface area contributed by atoms with Crippen molar-refractivity contribution in [3.05, 3.63) is 0 Å². The third-order valence-corrected chi connectivity index (χ3v) is 2.44. The normalized spacial score (nSPS) is 21.3. The second kappa shape index (κ2) is 3.83. The van der Waals surface area contributed by atoms with Gasteiger partial charge in [-0.25, -0.2) is 9.59 Å². The van der Waals surface area contributed by atoms with Gasteiger partial charge in [0, 0.05) is 13.1 Å². The van der Waals surface area contributed by atoms with Gasteiger partial charge in [0.05, 0.1) is 6.61 Å². The topological polar surface area (TPSA) is 89.9 Å². The van der Waals surface area contributed by atoms with Crippen LogP contribution in [0.2, 0.25) is 0 Å². The van der Waals surface area contributed by atoms with Crippen molar-refractivity contribution < 1.29 is 19.8 Å². The Morgan fingerprint density at radius 3 is 2.79 bits per heavy atom. The summed E-state index contributed by atoms with van der Waals surface area (Å²) in [7, 11) is 0. The van der Waals surface area contributed by atoms with Crippen molar-refractivity contribution in [1.82, 2.24) is 10.2 Å². The lowest BCUT2D eigenvalue weighted by atomic mass is 10.0. The summed E-state index contributed by atoms with van der Waals surface area (Å²) in [5, 5.41) is 20.5. The molecule has 1 fully saturated rings. The largest absolute Gasteiger partial charge is 0.479 e. The molecule has 0 aromatic rings. The van der Waals surface area contributed by atoms with Gasteiger partial charge < -0.3 is 20.4 Å². The molecule has 1 heterocycles. The summed E-state index contributed by atoms with van der Waals surface area (Å²) in [5.74, 6) is -1.20. The summed E-state index contributed by atoms with van der Waals surface area (Å²) in [6.07, 6.45) is 0.689. The third kappa shape index (κ3) is 1.65. The maximum absolute atomic E-state index is 11.3. The van der Waals surface area contributed by atoms with Gasteiger partial charge in [0.2, 0.25) is 0 Å². The highest BCUT2D eigenvalue weighted by Crippen LogP contribution is 2.17. The Balaban J connectivity index is 2.87. The van der Waals surface area contributed by atoms with Gasteiger partial charge in [-0.05, 0) is 13.3 Å². The molecular weight excluding hydrogens is 188 g/mol. The molecular formula is C8H14N2O4. The SMILES string of the molecule is CC(CO)(C(=O)O)N1CCCNC1=O. The van der Waals surface area contributed by atoms with Crippen LogP contribution in [0.15, 0.2) is 0 Å². The molecule has 6 nitrogen and oxygen atoms in total. The van der Waals surface area contributed by atoms with Crippen LogP contribution in [-0.4, -0.2) is 52.3 Å². The number of carbonyl (C=O) groups excluding carboxylic acids is 1. The summed E-state index contributed by atoms with van der Waals surface area (Å²) in [6.45, 7) is 1.65. The molecule has 1 rings (SSSR count). The van der Waals surface area contributed by atoms with E-state index >= 15 is 0 Å². The van der Waals surface area contributed by atoms with E-state index in [0.29, 0.717) is 19.5 Å². The Hall–Kier alpha value is -1.30. The average molecular weight is 202 g/mol. The van der Waals surface area contributed by atoms with Crippen molar-refractivity contribution in [3.8, 4) is 0 Å². The number of aliphatic hydroxyl groups excluding tert-OH is 1. The number of aliphatic carboxylic acids is 1. The number of urea groups is 1. The smallest absolute Gasteiger partial charge is 0.331 e. The first-order valence-electron chi connectivity index (χ1n) is 4.42. The molecule has 0 bridgehead atoms. The number of aliphatic hydroxyl groups is 1. The van der Waals surface area contributed by atoms with Gasteiger partial charge in [-0.1, -0.05) is 0 Å². The van der Waals surface area contributed by atoms with E-state index in [9.17, 15) is 9.59 Å². The van der Waals surface area contributed by atoms with E-state index < -0.39 is 24.1 Å². The zero-order chi connectivity index (χ0) is 10.8. The van der Waals surface area contributed by atoms with Crippen LogP contribution in [0.1, 0.15) is 13.3 Å². The molecule has 1 unspecified atom stereocenters. The molecule has 0 aromatic heterocycles. The number of carbonyl (C=O) groups is 2. The van der Waals surface area contributed by atoms with Gasteiger partial charge >= 0.3 is 12.0 Å². The average Bonchev–Trinajstić information content (AvgIpc) is 2.17. The molecule has 80 valence electrons. The van der Waals surface area contributed by atoms with Crippen LogP contribution in [0.5, 0.6) is 0 Å². The number of nitrogens with one attached hydrogen (secondary N) is 1. The molecule has 0 radical (unpaired) electrons. The Morgan fingerprint density at radius 1 is 1.71 bits per heavy atom. The first kappa shape index (κ1) is 10.8. The van der Waals surface area contributed by atoms with Crippen molar-refractivity contribution in [3.63, 3.8) is 0 Å². The number of carboxylic acids is 1. The van der Waals surface area contributed by atoms with E-state index in [0.717, 1.165) is 4.90 Å². The third-order valence-electron chi connectivity index (χ3n) is 2.44. The summed E-state index contributed by atoms with van der Waals surface area (Å²) >= 11 is 0. The molecule has 1 aliphatic heterocycles. The van der Waals surface area contributed by atoms with E-state index in [1.165, 1.54) is 6.92 Å². The summed E-state index contributed by atoms with van der Waals surface area (Å²) in [6, 6.07) is -0.435. The number of hydrogen-bond donors (Lipinski definition) is 3. The highest BCUT2D eigenvalue weighted by molar-refractivity contribution is 5.86. The lowest BCUT2D eigenvalue weighted by Gasteiger charge is -2.38. The van der Waals surface area contributed by atoms with Crippen LogP contribution in [-0.2, 0) is 4.79 Å². The summed E-state index contributed by atoms with van der Waals surface area (Å²) in [4.78, 5) is 23.4. The molecule has 0 aliphatic carbocycles. The highest BCUT2D eigenvalue weighted by Gasteiger charge is 2.42. The van der Waals surface area contributed by atoms with Gasteiger partial charge in [-0.3, -0.25) is 0 Å². The second-order valence-electron chi connectivity index (χ2n) is 3.47. The Kier molecular flexibility index (Phi) is 2.95. The maximum atomic E-state index is 11.3. The zero-order valence-corrected chi connectivity index (χ0v) is 7.99. The number of carboxylic acid groups (broad SMARTS) is 1. The maximum Gasteiger partial charge on any atom is 0.331 e. The van der Waals surface area contributed by atoms with Crippen LogP contribution in [0, 0.1) is 0 Å². The number of rotatable bonds is 3. The fourth-order valence-electron chi connectivity index (χ4n) is 1.37. The monoisotopic (exact) mass is 202 g/mol.